The van der Waals surface area contributed by atoms with Gasteiger partial charge in [0, 0.05) is 28.1 Å². The Morgan fingerprint density at radius 2 is 1.56 bits per heavy atom. The Hall–Kier alpha value is -3.46. The zero-order valence-corrected chi connectivity index (χ0v) is 19.4. The van der Waals surface area contributed by atoms with E-state index in [0.29, 0.717) is 5.71 Å². The van der Waals surface area contributed by atoms with E-state index < -0.39 is 0 Å². The van der Waals surface area contributed by atoms with Crippen LogP contribution in [-0.2, 0) is 6.42 Å². The molecule has 0 amide bonds. The van der Waals surface area contributed by atoms with Gasteiger partial charge in [0.15, 0.2) is 0 Å². The molecule has 0 aliphatic rings. The third-order valence-electron chi connectivity index (χ3n) is 5.94. The summed E-state index contributed by atoms with van der Waals surface area (Å²) < 4.78 is 6.37. The van der Waals surface area contributed by atoms with Crippen molar-refractivity contribution in [3.8, 4) is 22.5 Å². The van der Waals surface area contributed by atoms with E-state index in [1.165, 1.54) is 22.3 Å². The molecule has 0 radical (unpaired) electrons. The maximum Gasteiger partial charge on any atom is 0.227 e. The van der Waals surface area contributed by atoms with Crippen molar-refractivity contribution in [2.75, 3.05) is 0 Å². The Balaban J connectivity index is 1.66. The van der Waals surface area contributed by atoms with Crippen LogP contribution in [-0.4, -0.2) is 9.97 Å². The smallest absolute Gasteiger partial charge is 0.227 e. The zero-order valence-electron chi connectivity index (χ0n) is 19.4. The molecule has 3 aromatic heterocycles. The molecular formula is C29H28N2O. The minimum atomic E-state index is 0.220. The maximum absolute atomic E-state index is 6.37. The molecule has 5 rings (SSSR count). The topological polar surface area (TPSA) is 38.9 Å². The number of aromatic nitrogens is 2. The molecule has 0 fully saturated rings. The zero-order chi connectivity index (χ0) is 22.5. The molecule has 3 heteroatoms. The minimum Gasteiger partial charge on any atom is -0.437 e. The predicted molar refractivity (Wildman–Crippen MR) is 133 cm³/mol. The van der Waals surface area contributed by atoms with Crippen LogP contribution in [0.4, 0.5) is 0 Å². The van der Waals surface area contributed by atoms with Gasteiger partial charge in [-0.2, -0.15) is 0 Å². The lowest BCUT2D eigenvalue weighted by Gasteiger charge is -2.18. The summed E-state index contributed by atoms with van der Waals surface area (Å²) in [6.07, 6.45) is 2.90. The monoisotopic (exact) mass is 420 g/mol. The molecule has 0 atom stereocenters. The van der Waals surface area contributed by atoms with Crippen LogP contribution in [0, 0.1) is 19.3 Å². The molecule has 5 aromatic rings. The molecule has 0 saturated heterocycles. The van der Waals surface area contributed by atoms with Gasteiger partial charge in [0.1, 0.15) is 5.58 Å². The standard InChI is InChI=1S/C29H28N2O/c1-18-8-6-9-19(2)26(18)24-13-12-22-21-10-7-11-23(27(21)32-28(22)31-24)25-16-20(14-15-30-25)17-29(3,4)5/h6-16H,17H2,1-5H3. The second-order valence-corrected chi connectivity index (χ2v) is 9.89. The number of pyridine rings is 2. The summed E-state index contributed by atoms with van der Waals surface area (Å²) in [4.78, 5) is 9.59. The molecule has 0 unspecified atom stereocenters. The average Bonchev–Trinajstić information content (AvgIpc) is 3.10. The highest BCUT2D eigenvalue weighted by Gasteiger charge is 2.17. The summed E-state index contributed by atoms with van der Waals surface area (Å²) in [6.45, 7) is 11.0. The molecule has 160 valence electrons. The summed E-state index contributed by atoms with van der Waals surface area (Å²) in [5, 5.41) is 2.10. The van der Waals surface area contributed by atoms with E-state index in [0.717, 1.165) is 39.7 Å². The fourth-order valence-electron chi connectivity index (χ4n) is 4.58. The molecular weight excluding hydrogens is 392 g/mol. The van der Waals surface area contributed by atoms with Crippen LogP contribution >= 0.6 is 0 Å². The van der Waals surface area contributed by atoms with Gasteiger partial charge in [-0.25, -0.2) is 4.98 Å². The molecule has 3 nitrogen and oxygen atoms in total. The molecule has 0 bridgehead atoms. The first kappa shape index (κ1) is 20.4. The van der Waals surface area contributed by atoms with Crippen LogP contribution < -0.4 is 0 Å². The molecule has 0 spiro atoms. The second kappa shape index (κ2) is 7.59. The highest BCUT2D eigenvalue weighted by molar-refractivity contribution is 6.08. The van der Waals surface area contributed by atoms with E-state index in [1.54, 1.807) is 0 Å². The average molecular weight is 421 g/mol. The third kappa shape index (κ3) is 3.69. The summed E-state index contributed by atoms with van der Waals surface area (Å²) in [6, 6.07) is 21.1. The van der Waals surface area contributed by atoms with Crippen molar-refractivity contribution >= 4 is 22.1 Å². The van der Waals surface area contributed by atoms with Gasteiger partial charge >= 0.3 is 0 Å². The fraction of sp³-hybridized carbons (Fsp3) is 0.241. The van der Waals surface area contributed by atoms with Gasteiger partial charge in [-0.1, -0.05) is 51.1 Å². The number of furan rings is 1. The number of para-hydroxylation sites is 1. The Labute approximate surface area is 189 Å². The third-order valence-corrected chi connectivity index (χ3v) is 5.94. The quantitative estimate of drug-likeness (QED) is 0.297. The van der Waals surface area contributed by atoms with Crippen molar-refractivity contribution in [3.63, 3.8) is 0 Å². The van der Waals surface area contributed by atoms with Crippen LogP contribution in [0.15, 0.2) is 71.3 Å². The molecule has 0 saturated carbocycles. The van der Waals surface area contributed by atoms with Crippen molar-refractivity contribution in [1.29, 1.82) is 0 Å². The Morgan fingerprint density at radius 3 is 2.31 bits per heavy atom. The summed E-state index contributed by atoms with van der Waals surface area (Å²) in [5.41, 5.74) is 9.50. The van der Waals surface area contributed by atoms with Crippen molar-refractivity contribution < 1.29 is 4.42 Å². The van der Waals surface area contributed by atoms with E-state index in [2.05, 4.69) is 100 Å². The van der Waals surface area contributed by atoms with Gasteiger partial charge in [0.2, 0.25) is 5.71 Å². The second-order valence-electron chi connectivity index (χ2n) is 9.89. The Kier molecular flexibility index (Phi) is 4.85. The van der Waals surface area contributed by atoms with Crippen molar-refractivity contribution in [2.24, 2.45) is 5.41 Å². The number of nitrogens with zero attached hydrogens (tertiary/aromatic N) is 2. The van der Waals surface area contributed by atoms with Crippen molar-refractivity contribution in [2.45, 2.75) is 41.0 Å². The van der Waals surface area contributed by atoms with Gasteiger partial charge in [-0.15, -0.1) is 0 Å². The van der Waals surface area contributed by atoms with E-state index >= 15 is 0 Å². The minimum absolute atomic E-state index is 0.220. The van der Waals surface area contributed by atoms with Gasteiger partial charge < -0.3 is 4.42 Å². The largest absolute Gasteiger partial charge is 0.437 e. The Bertz CT molecular complexity index is 1430. The highest BCUT2D eigenvalue weighted by atomic mass is 16.3. The predicted octanol–water partition coefficient (Wildman–Crippen LogP) is 7.92. The first-order valence-electron chi connectivity index (χ1n) is 11.1. The van der Waals surface area contributed by atoms with E-state index in [4.69, 9.17) is 9.40 Å². The van der Waals surface area contributed by atoms with Crippen LogP contribution in [0.5, 0.6) is 0 Å². The normalized spacial score (nSPS) is 12.0. The van der Waals surface area contributed by atoms with Crippen LogP contribution in [0.2, 0.25) is 0 Å². The summed E-state index contributed by atoms with van der Waals surface area (Å²) in [7, 11) is 0. The molecule has 0 aliphatic heterocycles. The lowest BCUT2D eigenvalue weighted by atomic mass is 9.88. The molecule has 32 heavy (non-hydrogen) atoms. The lowest BCUT2D eigenvalue weighted by Crippen LogP contribution is -2.09. The van der Waals surface area contributed by atoms with Gasteiger partial charge in [-0.05, 0) is 72.7 Å². The maximum atomic E-state index is 6.37. The van der Waals surface area contributed by atoms with Crippen LogP contribution in [0.3, 0.4) is 0 Å². The van der Waals surface area contributed by atoms with E-state index in [1.807, 2.05) is 6.20 Å². The van der Waals surface area contributed by atoms with E-state index in [9.17, 15) is 0 Å². The molecule has 2 aromatic carbocycles. The number of benzene rings is 2. The summed E-state index contributed by atoms with van der Waals surface area (Å²) in [5.74, 6) is 0. The lowest BCUT2D eigenvalue weighted by molar-refractivity contribution is 0.411. The van der Waals surface area contributed by atoms with Crippen LogP contribution in [0.1, 0.15) is 37.5 Å². The van der Waals surface area contributed by atoms with Crippen LogP contribution in [0.25, 0.3) is 44.6 Å². The van der Waals surface area contributed by atoms with Gasteiger partial charge in [0.25, 0.3) is 0 Å². The molecule has 0 aliphatic carbocycles. The SMILES string of the molecule is Cc1cccc(C)c1-c1ccc2c(n1)oc1c(-c3cc(CC(C)(C)C)ccn3)cccc12. The first-order valence-corrected chi connectivity index (χ1v) is 11.1. The summed E-state index contributed by atoms with van der Waals surface area (Å²) >= 11 is 0. The Morgan fingerprint density at radius 1 is 0.812 bits per heavy atom. The highest BCUT2D eigenvalue weighted by Crippen LogP contribution is 2.36. The van der Waals surface area contributed by atoms with E-state index in [-0.39, 0.29) is 5.41 Å². The number of hydrogen-bond donors (Lipinski definition) is 0. The van der Waals surface area contributed by atoms with Crippen molar-refractivity contribution in [3.05, 3.63) is 83.6 Å². The number of aryl methyl sites for hydroxylation is 2. The first-order chi connectivity index (χ1) is 15.3. The van der Waals surface area contributed by atoms with Gasteiger partial charge in [0.05, 0.1) is 11.4 Å². The number of fused-ring (bicyclic) bond motifs is 3. The molecule has 3 heterocycles. The molecule has 0 N–H and O–H groups in total. The number of hydrogen-bond acceptors (Lipinski definition) is 3. The van der Waals surface area contributed by atoms with Gasteiger partial charge in [-0.3, -0.25) is 4.98 Å². The number of rotatable bonds is 3. The van der Waals surface area contributed by atoms with Crippen molar-refractivity contribution in [1.82, 2.24) is 9.97 Å². The fourth-order valence-corrected chi connectivity index (χ4v) is 4.58.